The topological polar surface area (TPSA) is 73.3 Å². The molecule has 0 fully saturated rings. The zero-order chi connectivity index (χ0) is 18.4. The summed E-state index contributed by atoms with van der Waals surface area (Å²) in [6.45, 7) is -0.185. The molecule has 0 saturated carbocycles. The lowest BCUT2D eigenvalue weighted by Crippen LogP contribution is -2.20. The lowest BCUT2D eigenvalue weighted by molar-refractivity contribution is -0.118. The predicted octanol–water partition coefficient (Wildman–Crippen LogP) is 4.08. The number of nitrogens with zero attached hydrogens (tertiary/aromatic N) is 2. The van der Waals surface area contributed by atoms with Crippen LogP contribution in [0.15, 0.2) is 60.9 Å². The molecule has 6 nitrogen and oxygen atoms in total. The van der Waals surface area contributed by atoms with Crippen LogP contribution in [-0.4, -0.2) is 22.5 Å². The number of anilines is 1. The number of nitrogens with one attached hydrogen (secondary N) is 1. The summed E-state index contributed by atoms with van der Waals surface area (Å²) in [4.78, 5) is 19.7. The largest absolute Gasteiger partial charge is 0.484 e. The SMILES string of the molecule is O=C(COc1ccc(Cl)cc1)Nc1cnc(Oc2ccccc2F)nc1. The molecule has 1 heterocycles. The van der Waals surface area contributed by atoms with E-state index in [0.29, 0.717) is 16.5 Å². The van der Waals surface area contributed by atoms with Crippen LogP contribution in [0.4, 0.5) is 10.1 Å². The van der Waals surface area contributed by atoms with Crippen molar-refractivity contribution in [1.82, 2.24) is 9.97 Å². The standard InChI is InChI=1S/C18H13ClFN3O3/c19-12-5-7-14(8-6-12)25-11-17(24)23-13-9-21-18(22-10-13)26-16-4-2-1-3-15(16)20/h1-10H,11H2,(H,23,24). The molecular formula is C18H13ClFN3O3. The molecule has 0 bridgehead atoms. The van der Waals surface area contributed by atoms with Gasteiger partial charge in [0.1, 0.15) is 5.75 Å². The highest BCUT2D eigenvalue weighted by atomic mass is 35.5. The summed E-state index contributed by atoms with van der Waals surface area (Å²) >= 11 is 5.77. The van der Waals surface area contributed by atoms with Gasteiger partial charge in [-0.05, 0) is 36.4 Å². The van der Waals surface area contributed by atoms with E-state index in [1.54, 1.807) is 36.4 Å². The Bertz CT molecular complexity index is 889. The van der Waals surface area contributed by atoms with Gasteiger partial charge in [0.05, 0.1) is 18.1 Å². The Morgan fingerprint density at radius 3 is 2.46 bits per heavy atom. The number of aromatic nitrogens is 2. The molecule has 2 aromatic carbocycles. The van der Waals surface area contributed by atoms with Crippen LogP contribution in [0, 0.1) is 5.82 Å². The second kappa shape index (κ2) is 8.26. The molecule has 0 aliphatic rings. The van der Waals surface area contributed by atoms with Crippen molar-refractivity contribution in [3.63, 3.8) is 0 Å². The fourth-order valence-corrected chi connectivity index (χ4v) is 2.06. The first-order valence-electron chi connectivity index (χ1n) is 7.53. The summed E-state index contributed by atoms with van der Waals surface area (Å²) in [7, 11) is 0. The molecule has 0 radical (unpaired) electrons. The third-order valence-electron chi connectivity index (χ3n) is 3.13. The summed E-state index contributed by atoms with van der Waals surface area (Å²) < 4.78 is 24.1. The Morgan fingerprint density at radius 1 is 1.08 bits per heavy atom. The van der Waals surface area contributed by atoms with Gasteiger partial charge in [0, 0.05) is 5.02 Å². The molecule has 0 aliphatic heterocycles. The molecule has 132 valence electrons. The van der Waals surface area contributed by atoms with Crippen LogP contribution in [-0.2, 0) is 4.79 Å². The zero-order valence-electron chi connectivity index (χ0n) is 13.4. The fraction of sp³-hybridized carbons (Fsp3) is 0.0556. The summed E-state index contributed by atoms with van der Waals surface area (Å²) in [5.41, 5.74) is 0.357. The molecule has 0 saturated heterocycles. The second-order valence-corrected chi connectivity index (χ2v) is 5.51. The van der Waals surface area contributed by atoms with E-state index in [1.165, 1.54) is 24.5 Å². The first-order valence-corrected chi connectivity index (χ1v) is 7.90. The number of amides is 1. The van der Waals surface area contributed by atoms with Crippen LogP contribution in [0.2, 0.25) is 5.02 Å². The monoisotopic (exact) mass is 373 g/mol. The number of hydrogen-bond acceptors (Lipinski definition) is 5. The lowest BCUT2D eigenvalue weighted by atomic mass is 10.3. The minimum atomic E-state index is -0.521. The molecule has 0 atom stereocenters. The van der Waals surface area contributed by atoms with E-state index < -0.39 is 5.82 Å². The number of ether oxygens (including phenoxy) is 2. The molecule has 0 spiro atoms. The summed E-state index contributed by atoms with van der Waals surface area (Å²) in [6.07, 6.45) is 2.70. The number of carbonyl (C=O) groups excluding carboxylic acids is 1. The van der Waals surface area contributed by atoms with Crippen molar-refractivity contribution < 1.29 is 18.7 Å². The number of hydrogen-bond donors (Lipinski definition) is 1. The molecule has 8 heteroatoms. The number of rotatable bonds is 6. The minimum absolute atomic E-state index is 0.0145. The minimum Gasteiger partial charge on any atom is -0.484 e. The van der Waals surface area contributed by atoms with E-state index in [4.69, 9.17) is 21.1 Å². The van der Waals surface area contributed by atoms with Crippen LogP contribution in [0.5, 0.6) is 17.5 Å². The number of carbonyl (C=O) groups is 1. The molecule has 0 aliphatic carbocycles. The van der Waals surface area contributed by atoms with Crippen LogP contribution in [0.1, 0.15) is 0 Å². The van der Waals surface area contributed by atoms with E-state index in [1.807, 2.05) is 0 Å². The van der Waals surface area contributed by atoms with Crippen molar-refractivity contribution in [1.29, 1.82) is 0 Å². The normalized spacial score (nSPS) is 10.2. The van der Waals surface area contributed by atoms with Gasteiger partial charge in [0.15, 0.2) is 18.2 Å². The van der Waals surface area contributed by atoms with Crippen LogP contribution >= 0.6 is 11.6 Å². The van der Waals surface area contributed by atoms with Crippen LogP contribution in [0.25, 0.3) is 0 Å². The van der Waals surface area contributed by atoms with Gasteiger partial charge in [-0.15, -0.1) is 0 Å². The van der Waals surface area contributed by atoms with Gasteiger partial charge >= 0.3 is 6.01 Å². The maximum atomic E-state index is 13.5. The average molecular weight is 374 g/mol. The number of para-hydroxylation sites is 1. The highest BCUT2D eigenvalue weighted by Gasteiger charge is 2.08. The molecule has 1 aromatic heterocycles. The van der Waals surface area contributed by atoms with Crippen LogP contribution < -0.4 is 14.8 Å². The summed E-state index contributed by atoms with van der Waals surface area (Å²) in [5, 5.41) is 3.16. The third kappa shape index (κ3) is 4.90. The Labute approximate surface area is 153 Å². The van der Waals surface area contributed by atoms with E-state index in [9.17, 15) is 9.18 Å². The maximum absolute atomic E-state index is 13.5. The molecular weight excluding hydrogens is 361 g/mol. The van der Waals surface area contributed by atoms with E-state index >= 15 is 0 Å². The molecule has 3 aromatic rings. The number of benzene rings is 2. The van der Waals surface area contributed by atoms with Crippen molar-refractivity contribution in [2.75, 3.05) is 11.9 Å². The summed E-state index contributed by atoms with van der Waals surface area (Å²) in [6, 6.07) is 12.5. The second-order valence-electron chi connectivity index (χ2n) is 5.08. The Morgan fingerprint density at radius 2 is 1.77 bits per heavy atom. The molecule has 0 unspecified atom stereocenters. The fourth-order valence-electron chi connectivity index (χ4n) is 1.94. The maximum Gasteiger partial charge on any atom is 0.322 e. The Hall–Kier alpha value is -3.19. The third-order valence-corrected chi connectivity index (χ3v) is 3.39. The van der Waals surface area contributed by atoms with Gasteiger partial charge in [-0.3, -0.25) is 4.79 Å². The highest BCUT2D eigenvalue weighted by molar-refractivity contribution is 6.30. The van der Waals surface area contributed by atoms with Gasteiger partial charge in [-0.1, -0.05) is 23.7 Å². The number of halogens is 2. The van der Waals surface area contributed by atoms with Gasteiger partial charge in [0.2, 0.25) is 0 Å². The molecule has 3 rings (SSSR count). The predicted molar refractivity (Wildman–Crippen MR) is 94.1 cm³/mol. The van der Waals surface area contributed by atoms with Gasteiger partial charge in [-0.25, -0.2) is 14.4 Å². The van der Waals surface area contributed by atoms with Crippen molar-refractivity contribution in [3.8, 4) is 17.5 Å². The van der Waals surface area contributed by atoms with Crippen LogP contribution in [0.3, 0.4) is 0 Å². The van der Waals surface area contributed by atoms with Crippen molar-refractivity contribution >= 4 is 23.2 Å². The molecule has 1 amide bonds. The van der Waals surface area contributed by atoms with Crippen molar-refractivity contribution in [3.05, 3.63) is 71.8 Å². The van der Waals surface area contributed by atoms with Gasteiger partial charge in [0.25, 0.3) is 5.91 Å². The molecule has 26 heavy (non-hydrogen) atoms. The van der Waals surface area contributed by atoms with E-state index in [0.717, 1.165) is 0 Å². The van der Waals surface area contributed by atoms with E-state index in [2.05, 4.69) is 15.3 Å². The lowest BCUT2D eigenvalue weighted by Gasteiger charge is -2.08. The first-order chi connectivity index (χ1) is 12.6. The first kappa shape index (κ1) is 17.6. The Balaban J connectivity index is 1.52. The summed E-state index contributed by atoms with van der Waals surface area (Å²) in [5.74, 6) is -0.366. The molecule has 1 N–H and O–H groups in total. The quantitative estimate of drug-likeness (QED) is 0.704. The van der Waals surface area contributed by atoms with Gasteiger partial charge < -0.3 is 14.8 Å². The van der Waals surface area contributed by atoms with E-state index in [-0.39, 0.29) is 24.3 Å². The smallest absolute Gasteiger partial charge is 0.322 e. The highest BCUT2D eigenvalue weighted by Crippen LogP contribution is 2.21. The van der Waals surface area contributed by atoms with Gasteiger partial charge in [-0.2, -0.15) is 0 Å². The Kier molecular flexibility index (Phi) is 5.60. The van der Waals surface area contributed by atoms with Crippen molar-refractivity contribution in [2.45, 2.75) is 0 Å². The zero-order valence-corrected chi connectivity index (χ0v) is 14.1. The average Bonchev–Trinajstić information content (AvgIpc) is 2.65. The van der Waals surface area contributed by atoms with Crippen molar-refractivity contribution in [2.24, 2.45) is 0 Å².